The Kier molecular flexibility index (Phi) is 24.0. The molecule has 7 aromatic carbocycles. The fourth-order valence-corrected chi connectivity index (χ4v) is 13.4. The largest absolute Gasteiger partial charge is 0.508 e. The van der Waals surface area contributed by atoms with Gasteiger partial charge in [0.1, 0.15) is 53.6 Å². The summed E-state index contributed by atoms with van der Waals surface area (Å²) in [6, 6.07) is 37.4. The van der Waals surface area contributed by atoms with E-state index < -0.39 is 112 Å². The average Bonchev–Trinajstić information content (AvgIpc) is 1.11. The molecule has 0 saturated carbocycles. The molecule has 0 unspecified atom stereocenters. The van der Waals surface area contributed by atoms with Gasteiger partial charge in [0.25, 0.3) is 15.9 Å². The number of fused-ring (bicyclic) bond motifs is 3. The second-order valence-electron chi connectivity index (χ2n) is 25.1. The number of phenolic OH excluding ortho intramolecular Hbond substituents is 2. The lowest BCUT2D eigenvalue weighted by Gasteiger charge is -2.44. The van der Waals surface area contributed by atoms with E-state index in [4.69, 9.17) is 38.6 Å². The number of hydrogen-bond donors (Lipinski definition) is 9. The van der Waals surface area contributed by atoms with Crippen LogP contribution in [-0.4, -0.2) is 148 Å². The van der Waals surface area contributed by atoms with Crippen LogP contribution in [0.4, 0.5) is 4.79 Å². The topological polar surface area (TPSA) is 355 Å². The third-order valence-electron chi connectivity index (χ3n) is 16.9. The number of sulfonamides is 1. The third kappa shape index (κ3) is 18.5. The SMILES string of the molecule is COc1cc(C)c(S(=O)(=O)NC(=N)NCCC[C@H](NC(=O)[C@H](Cc2ccc(O)cc2)NC(=O)[C@H]2O[C@@H](OC)[C@H](NC(=O)OCC3c4ccccc4-c4ccccc43)[C@@H](OC(=O)c3ccccc3)[C@@H]2OC(=O)c2ccccc2)C(=O)N[C@@H](Cc2ccc(O)cc2)C(=O)OC(C)(C)C)c(C)c1C. The molecule has 1 aliphatic heterocycles. The van der Waals surface area contributed by atoms with Gasteiger partial charge in [-0.15, -0.1) is 0 Å². The first-order valence-corrected chi connectivity index (χ1v) is 33.7. The molecular formula is C74H81N7O18S. The van der Waals surface area contributed by atoms with E-state index in [1.165, 1.54) is 87.0 Å². The highest BCUT2D eigenvalue weighted by Gasteiger charge is 2.55. The number of amides is 4. The molecule has 9 rings (SSSR count). The van der Waals surface area contributed by atoms with Crippen molar-refractivity contribution < 1.29 is 85.4 Å². The third-order valence-corrected chi connectivity index (χ3v) is 18.5. The average molecular weight is 1390 g/mol. The molecule has 0 spiro atoms. The Hall–Kier alpha value is -10.8. The van der Waals surface area contributed by atoms with E-state index >= 15 is 9.59 Å². The summed E-state index contributed by atoms with van der Waals surface area (Å²) in [4.78, 5) is 103. The number of phenols is 2. The number of alkyl carbamates (subject to hydrolysis) is 1. The molecule has 0 bridgehead atoms. The molecule has 1 fully saturated rings. The van der Waals surface area contributed by atoms with Gasteiger partial charge < -0.3 is 70.0 Å². The number of nitrogens with one attached hydrogen (secondary N) is 7. The number of ether oxygens (including phenoxy) is 7. The predicted molar refractivity (Wildman–Crippen MR) is 367 cm³/mol. The number of hydrogen-bond acceptors (Lipinski definition) is 19. The summed E-state index contributed by atoms with van der Waals surface area (Å²) in [7, 11) is -1.70. The van der Waals surface area contributed by atoms with Crippen molar-refractivity contribution in [3.63, 3.8) is 0 Å². The second-order valence-corrected chi connectivity index (χ2v) is 26.7. The first-order valence-electron chi connectivity index (χ1n) is 32.2. The van der Waals surface area contributed by atoms with Crippen molar-refractivity contribution in [3.05, 3.63) is 214 Å². The summed E-state index contributed by atoms with van der Waals surface area (Å²) in [6.45, 7) is 9.46. The smallest absolute Gasteiger partial charge is 0.407 e. The normalized spacial score (nSPS) is 17.3. The number of aryl methyl sites for hydroxylation is 1. The maximum absolute atomic E-state index is 15.5. The van der Waals surface area contributed by atoms with Crippen molar-refractivity contribution in [2.24, 2.45) is 0 Å². The van der Waals surface area contributed by atoms with Gasteiger partial charge in [-0.2, -0.15) is 0 Å². The van der Waals surface area contributed by atoms with Crippen LogP contribution < -0.4 is 36.0 Å². The van der Waals surface area contributed by atoms with Gasteiger partial charge in [0.2, 0.25) is 17.8 Å². The number of rotatable bonds is 26. The number of benzene rings is 7. The molecule has 2 aliphatic rings. The number of carbonyl (C=O) groups is 7. The number of carbonyl (C=O) groups excluding carboxylic acids is 7. The zero-order valence-electron chi connectivity index (χ0n) is 56.4. The standard InChI is InChI=1S/C74H81N7O18S/c1-42-38-59(93-7)43(2)44(3)64(42)100(91,92)81-72(75)76-37-19-28-56(65(84)79-58(70(89)99-74(4,5)6)40-46-31-35-50(83)36-32-46)77-66(85)57(39-45-29-33-49(82)34-30-45)78-67(86)63-62(97-69(88)48-22-13-10-14-23-48)61(96-68(87)47-20-11-9-12-21-47)60(71(94-8)98-63)80-73(90)95-41-55-53-26-17-15-24-51(53)52-25-16-18-27-54(52)55/h9-18,20-27,29-36,38,55-58,60-63,71,82-83H,19,28,37,39-41H2,1-8H3,(H,77,85)(H,78,86)(H,79,84)(H,80,90)(H3,75,76,81)/t56-,57-,58-,60+,61+,62-,63-,71+/m0/s1. The Morgan fingerprint density at radius 3 is 1.68 bits per heavy atom. The minimum atomic E-state index is -4.35. The number of methoxy groups -OCH3 is 2. The summed E-state index contributed by atoms with van der Waals surface area (Å²) in [5.41, 5.74) is 4.89. The van der Waals surface area contributed by atoms with Crippen molar-refractivity contribution in [1.82, 2.24) is 31.3 Å². The van der Waals surface area contributed by atoms with E-state index in [1.807, 2.05) is 48.5 Å². The van der Waals surface area contributed by atoms with Crippen molar-refractivity contribution >= 4 is 57.7 Å². The molecule has 1 saturated heterocycles. The maximum atomic E-state index is 15.5. The van der Waals surface area contributed by atoms with E-state index in [0.717, 1.165) is 22.3 Å². The Labute approximate surface area is 579 Å². The number of esters is 3. The molecule has 1 aliphatic carbocycles. The Balaban J connectivity index is 1.03. The molecule has 526 valence electrons. The molecule has 4 amide bonds. The fourth-order valence-electron chi connectivity index (χ4n) is 11.9. The van der Waals surface area contributed by atoms with Gasteiger partial charge in [0, 0.05) is 32.4 Å². The first-order chi connectivity index (χ1) is 47.7. The lowest BCUT2D eigenvalue weighted by atomic mass is 9.94. The molecule has 25 nitrogen and oxygen atoms in total. The van der Waals surface area contributed by atoms with Gasteiger partial charge >= 0.3 is 24.0 Å². The van der Waals surface area contributed by atoms with Crippen LogP contribution in [0.2, 0.25) is 0 Å². The highest BCUT2D eigenvalue weighted by Crippen LogP contribution is 2.45. The van der Waals surface area contributed by atoms with Gasteiger partial charge in [-0.05, 0) is 159 Å². The van der Waals surface area contributed by atoms with E-state index in [2.05, 4.69) is 31.3 Å². The van der Waals surface area contributed by atoms with Crippen molar-refractivity contribution in [2.45, 2.75) is 132 Å². The van der Waals surface area contributed by atoms with Gasteiger partial charge in [-0.1, -0.05) is 109 Å². The van der Waals surface area contributed by atoms with Gasteiger partial charge in [0.05, 0.1) is 23.1 Å². The van der Waals surface area contributed by atoms with Crippen molar-refractivity contribution in [2.75, 3.05) is 27.4 Å². The molecule has 0 radical (unpaired) electrons. The van der Waals surface area contributed by atoms with Crippen LogP contribution in [0.3, 0.4) is 0 Å². The molecular weight excluding hydrogens is 1310 g/mol. The first kappa shape index (κ1) is 73.4. The quantitative estimate of drug-likeness (QED) is 0.00827. The molecule has 26 heteroatoms. The van der Waals surface area contributed by atoms with Crippen LogP contribution in [0.1, 0.15) is 99.2 Å². The lowest BCUT2D eigenvalue weighted by Crippen LogP contribution is -2.69. The molecule has 7 aromatic rings. The summed E-state index contributed by atoms with van der Waals surface area (Å²) >= 11 is 0. The molecule has 1 heterocycles. The minimum Gasteiger partial charge on any atom is -0.508 e. The van der Waals surface area contributed by atoms with Crippen LogP contribution in [0, 0.1) is 26.2 Å². The molecule has 100 heavy (non-hydrogen) atoms. The maximum Gasteiger partial charge on any atom is 0.407 e. The summed E-state index contributed by atoms with van der Waals surface area (Å²) in [5.74, 6) is -6.77. The van der Waals surface area contributed by atoms with E-state index in [9.17, 15) is 42.6 Å². The number of guanidine groups is 1. The second kappa shape index (κ2) is 32.7. The van der Waals surface area contributed by atoms with Gasteiger partial charge in [-0.3, -0.25) is 19.8 Å². The van der Waals surface area contributed by atoms with Crippen LogP contribution in [0.5, 0.6) is 17.2 Å². The summed E-state index contributed by atoms with van der Waals surface area (Å²) in [5, 5.41) is 42.6. The zero-order valence-corrected chi connectivity index (χ0v) is 57.2. The van der Waals surface area contributed by atoms with Gasteiger partial charge in [-0.25, -0.2) is 32.3 Å². The fraction of sp³-hybridized carbons (Fsp3) is 0.324. The Morgan fingerprint density at radius 2 is 1.14 bits per heavy atom. The van der Waals surface area contributed by atoms with Crippen LogP contribution in [-0.2, 0) is 70.5 Å². The Bertz CT molecular complexity index is 4190. The van der Waals surface area contributed by atoms with E-state index in [1.54, 1.807) is 84.0 Å². The van der Waals surface area contributed by atoms with Crippen LogP contribution in [0.25, 0.3) is 11.1 Å². The monoisotopic (exact) mass is 1390 g/mol. The summed E-state index contributed by atoms with van der Waals surface area (Å²) < 4.78 is 71.6. The molecule has 9 N–H and O–H groups in total. The van der Waals surface area contributed by atoms with Crippen LogP contribution in [0.15, 0.2) is 169 Å². The van der Waals surface area contributed by atoms with Crippen molar-refractivity contribution in [1.29, 1.82) is 5.41 Å². The highest BCUT2D eigenvalue weighted by atomic mass is 32.2. The molecule has 0 aromatic heterocycles. The van der Waals surface area contributed by atoms with Crippen molar-refractivity contribution in [3.8, 4) is 28.4 Å². The summed E-state index contributed by atoms with van der Waals surface area (Å²) in [6.07, 6.45) is -9.51. The lowest BCUT2D eigenvalue weighted by molar-refractivity contribution is -0.250. The zero-order chi connectivity index (χ0) is 72.0. The highest BCUT2D eigenvalue weighted by molar-refractivity contribution is 7.90. The predicted octanol–water partition coefficient (Wildman–Crippen LogP) is 7.63. The van der Waals surface area contributed by atoms with E-state index in [-0.39, 0.29) is 72.3 Å². The van der Waals surface area contributed by atoms with Crippen LogP contribution >= 0.6 is 0 Å². The number of aromatic hydroxyl groups is 2. The minimum absolute atomic E-state index is 0.0160. The Morgan fingerprint density at radius 1 is 0.630 bits per heavy atom. The van der Waals surface area contributed by atoms with E-state index in [0.29, 0.717) is 33.6 Å². The molecule has 8 atom stereocenters. The van der Waals surface area contributed by atoms with Gasteiger partial charge in [0.15, 0.2) is 24.6 Å².